The molecule has 1 fully saturated rings. The maximum Gasteiger partial charge on any atom is 0.248 e. The standard InChI is InChI=1S/C21H29N5O4/c1-21(2,3)18(20(30)25-10-15(28)9-17(25)19(29)22-4)26-11-16(23-24-26)14-7-5-13(12-27)6-8-14/h5-8,11,15,17-18,27-28H,9-10,12H2,1-4H3,(H,22,29)/t15?,17?,18-/m1/s1. The number of aliphatic hydroxyl groups excluding tert-OH is 2. The first kappa shape index (κ1) is 21.9. The number of carbonyl (C=O) groups excluding carboxylic acids is 2. The highest BCUT2D eigenvalue weighted by molar-refractivity contribution is 5.90. The minimum Gasteiger partial charge on any atom is -0.392 e. The number of nitrogens with one attached hydrogen (secondary N) is 1. The topological polar surface area (TPSA) is 121 Å². The highest BCUT2D eigenvalue weighted by atomic mass is 16.3. The summed E-state index contributed by atoms with van der Waals surface area (Å²) in [4.78, 5) is 27.2. The smallest absolute Gasteiger partial charge is 0.248 e. The van der Waals surface area contributed by atoms with Gasteiger partial charge >= 0.3 is 0 Å². The number of amides is 2. The number of aliphatic hydroxyl groups is 2. The van der Waals surface area contributed by atoms with E-state index in [1.165, 1.54) is 16.6 Å². The molecule has 3 atom stereocenters. The molecule has 3 rings (SSSR count). The molecule has 30 heavy (non-hydrogen) atoms. The minimum absolute atomic E-state index is 0.0399. The molecular formula is C21H29N5O4. The first-order chi connectivity index (χ1) is 14.2. The van der Waals surface area contributed by atoms with Crippen LogP contribution in [0.15, 0.2) is 30.5 Å². The summed E-state index contributed by atoms with van der Waals surface area (Å²) in [6.07, 6.45) is 1.18. The van der Waals surface area contributed by atoms with Crippen LogP contribution in [0.4, 0.5) is 0 Å². The molecule has 1 aliphatic heterocycles. The highest BCUT2D eigenvalue weighted by Gasteiger charge is 2.45. The van der Waals surface area contributed by atoms with E-state index < -0.39 is 23.6 Å². The summed E-state index contributed by atoms with van der Waals surface area (Å²) in [5, 5.41) is 30.3. The molecule has 162 valence electrons. The van der Waals surface area contributed by atoms with E-state index in [9.17, 15) is 19.8 Å². The quantitative estimate of drug-likeness (QED) is 0.662. The number of benzene rings is 1. The van der Waals surface area contributed by atoms with Crippen molar-refractivity contribution in [1.29, 1.82) is 0 Å². The van der Waals surface area contributed by atoms with E-state index >= 15 is 0 Å². The second-order valence-electron chi connectivity index (χ2n) is 8.72. The molecule has 0 aliphatic carbocycles. The Bertz CT molecular complexity index is 903. The summed E-state index contributed by atoms with van der Waals surface area (Å²) in [6.45, 7) is 5.84. The fourth-order valence-electron chi connectivity index (χ4n) is 3.83. The van der Waals surface area contributed by atoms with E-state index in [0.717, 1.165) is 11.1 Å². The van der Waals surface area contributed by atoms with Crippen LogP contribution in [-0.4, -0.2) is 67.7 Å². The molecule has 2 aromatic rings. The van der Waals surface area contributed by atoms with Crippen LogP contribution in [0.25, 0.3) is 11.3 Å². The molecule has 2 heterocycles. The lowest BCUT2D eigenvalue weighted by Gasteiger charge is -2.34. The molecule has 1 aromatic heterocycles. The van der Waals surface area contributed by atoms with Gasteiger partial charge in [0.1, 0.15) is 17.8 Å². The lowest BCUT2D eigenvalue weighted by Crippen LogP contribution is -2.49. The summed E-state index contributed by atoms with van der Waals surface area (Å²) < 4.78 is 1.53. The second-order valence-corrected chi connectivity index (χ2v) is 8.72. The Morgan fingerprint density at radius 3 is 2.50 bits per heavy atom. The number of hydrogen-bond acceptors (Lipinski definition) is 6. The lowest BCUT2D eigenvalue weighted by molar-refractivity contribution is -0.144. The molecule has 0 spiro atoms. The normalized spacial score (nSPS) is 20.3. The van der Waals surface area contributed by atoms with Crippen molar-refractivity contribution in [3.05, 3.63) is 36.0 Å². The SMILES string of the molecule is CNC(=O)C1CC(O)CN1C(=O)[C@@H](n1cc(-c2ccc(CO)cc2)nn1)C(C)(C)C. The molecule has 9 heteroatoms. The number of likely N-dealkylation sites (tertiary alicyclic amines) is 1. The molecule has 1 aliphatic rings. The zero-order chi connectivity index (χ0) is 22.1. The van der Waals surface area contributed by atoms with Gasteiger partial charge in [-0.15, -0.1) is 5.10 Å². The van der Waals surface area contributed by atoms with Crippen LogP contribution in [0.1, 0.15) is 38.8 Å². The van der Waals surface area contributed by atoms with Gasteiger partial charge in [-0.3, -0.25) is 9.59 Å². The molecule has 1 aromatic carbocycles. The van der Waals surface area contributed by atoms with Gasteiger partial charge in [-0.2, -0.15) is 0 Å². The number of nitrogens with zero attached hydrogens (tertiary/aromatic N) is 4. The van der Waals surface area contributed by atoms with E-state index in [0.29, 0.717) is 5.69 Å². The van der Waals surface area contributed by atoms with Crippen molar-refractivity contribution >= 4 is 11.8 Å². The number of β-amino-alcohol motifs (C(OH)–C–C–N with tert-alkyl or cyclic N) is 1. The number of likely N-dealkylation sites (N-methyl/N-ethyl adjacent to an activating group) is 1. The van der Waals surface area contributed by atoms with Crippen LogP contribution in [0.2, 0.25) is 0 Å². The van der Waals surface area contributed by atoms with E-state index in [1.54, 1.807) is 18.3 Å². The van der Waals surface area contributed by atoms with Gasteiger partial charge in [0.25, 0.3) is 0 Å². The molecular weight excluding hydrogens is 386 g/mol. The molecule has 9 nitrogen and oxygen atoms in total. The Kier molecular flexibility index (Phi) is 6.23. The Morgan fingerprint density at radius 1 is 1.27 bits per heavy atom. The Hall–Kier alpha value is -2.78. The Morgan fingerprint density at radius 2 is 1.93 bits per heavy atom. The van der Waals surface area contributed by atoms with Gasteiger partial charge in [0.05, 0.1) is 18.9 Å². The summed E-state index contributed by atoms with van der Waals surface area (Å²) in [6, 6.07) is 5.88. The molecule has 2 amide bonds. The summed E-state index contributed by atoms with van der Waals surface area (Å²) in [5.74, 6) is -0.574. The first-order valence-corrected chi connectivity index (χ1v) is 9.98. The van der Waals surface area contributed by atoms with Crippen molar-refractivity contribution < 1.29 is 19.8 Å². The third-order valence-corrected chi connectivity index (χ3v) is 5.37. The van der Waals surface area contributed by atoms with E-state index in [-0.39, 0.29) is 31.4 Å². The fourth-order valence-corrected chi connectivity index (χ4v) is 3.83. The zero-order valence-electron chi connectivity index (χ0n) is 17.7. The maximum atomic E-state index is 13.5. The van der Waals surface area contributed by atoms with E-state index in [2.05, 4.69) is 15.6 Å². The third kappa shape index (κ3) is 4.36. The molecule has 0 bridgehead atoms. The predicted octanol–water partition coefficient (Wildman–Crippen LogP) is 0.732. The molecule has 0 radical (unpaired) electrons. The molecule has 3 N–H and O–H groups in total. The highest BCUT2D eigenvalue weighted by Crippen LogP contribution is 2.35. The van der Waals surface area contributed by atoms with Crippen molar-refractivity contribution in [2.45, 2.75) is 52.0 Å². The Labute approximate surface area is 175 Å². The van der Waals surface area contributed by atoms with E-state index in [1.807, 2.05) is 32.9 Å². The number of aromatic nitrogens is 3. The number of carbonyl (C=O) groups is 2. The maximum absolute atomic E-state index is 13.5. The second kappa shape index (κ2) is 8.53. The average molecular weight is 415 g/mol. The van der Waals surface area contributed by atoms with Crippen LogP contribution in [0.5, 0.6) is 0 Å². The van der Waals surface area contributed by atoms with Crippen molar-refractivity contribution in [1.82, 2.24) is 25.2 Å². The van der Waals surface area contributed by atoms with Gasteiger partial charge in [0, 0.05) is 25.6 Å². The number of hydrogen-bond donors (Lipinski definition) is 3. The van der Waals surface area contributed by atoms with Gasteiger partial charge in [-0.25, -0.2) is 4.68 Å². The summed E-state index contributed by atoms with van der Waals surface area (Å²) in [5.41, 5.74) is 1.70. The monoisotopic (exact) mass is 415 g/mol. The molecule has 0 saturated carbocycles. The number of rotatable bonds is 5. The van der Waals surface area contributed by atoms with Crippen LogP contribution >= 0.6 is 0 Å². The van der Waals surface area contributed by atoms with Crippen molar-refractivity contribution in [2.24, 2.45) is 5.41 Å². The molecule has 2 unspecified atom stereocenters. The van der Waals surface area contributed by atoms with Gasteiger partial charge in [-0.05, 0) is 11.0 Å². The molecule has 1 saturated heterocycles. The summed E-state index contributed by atoms with van der Waals surface area (Å²) in [7, 11) is 1.52. The summed E-state index contributed by atoms with van der Waals surface area (Å²) >= 11 is 0. The van der Waals surface area contributed by atoms with Crippen LogP contribution < -0.4 is 5.32 Å². The predicted molar refractivity (Wildman–Crippen MR) is 110 cm³/mol. The zero-order valence-corrected chi connectivity index (χ0v) is 17.7. The van der Waals surface area contributed by atoms with Crippen LogP contribution in [0.3, 0.4) is 0 Å². The van der Waals surface area contributed by atoms with Crippen LogP contribution in [-0.2, 0) is 16.2 Å². The third-order valence-electron chi connectivity index (χ3n) is 5.37. The lowest BCUT2D eigenvalue weighted by atomic mass is 9.85. The van der Waals surface area contributed by atoms with Crippen molar-refractivity contribution in [3.8, 4) is 11.3 Å². The van der Waals surface area contributed by atoms with Gasteiger partial charge in [-0.1, -0.05) is 50.3 Å². The average Bonchev–Trinajstić information content (AvgIpc) is 3.33. The van der Waals surface area contributed by atoms with Crippen LogP contribution in [0, 0.1) is 5.41 Å². The van der Waals surface area contributed by atoms with Crippen molar-refractivity contribution in [3.63, 3.8) is 0 Å². The van der Waals surface area contributed by atoms with Gasteiger partial charge in [0.15, 0.2) is 0 Å². The van der Waals surface area contributed by atoms with Gasteiger partial charge in [0.2, 0.25) is 11.8 Å². The van der Waals surface area contributed by atoms with E-state index in [4.69, 9.17) is 0 Å². The largest absolute Gasteiger partial charge is 0.392 e. The fraction of sp³-hybridized carbons (Fsp3) is 0.524. The van der Waals surface area contributed by atoms with Crippen molar-refractivity contribution in [2.75, 3.05) is 13.6 Å². The van der Waals surface area contributed by atoms with Gasteiger partial charge < -0.3 is 20.4 Å². The Balaban J connectivity index is 1.92. The minimum atomic E-state index is -0.742. The first-order valence-electron chi connectivity index (χ1n) is 9.98.